The molecule has 0 saturated carbocycles. The lowest BCUT2D eigenvalue weighted by molar-refractivity contribution is 0.254. The number of nitrogens with one attached hydrogen (secondary N) is 1. The number of anilines is 1. The van der Waals surface area contributed by atoms with E-state index in [9.17, 15) is 0 Å². The van der Waals surface area contributed by atoms with Gasteiger partial charge in [-0.25, -0.2) is 4.98 Å². The van der Waals surface area contributed by atoms with E-state index in [1.807, 2.05) is 18.2 Å². The van der Waals surface area contributed by atoms with Gasteiger partial charge in [0.1, 0.15) is 5.82 Å². The molecule has 132 valence electrons. The molecule has 2 aromatic heterocycles. The largest absolute Gasteiger partial charge is 0.493 e. The van der Waals surface area contributed by atoms with Gasteiger partial charge >= 0.3 is 0 Å². The monoisotopic (exact) mass is 340 g/mol. The predicted molar refractivity (Wildman–Crippen MR) is 100 cm³/mol. The Morgan fingerprint density at radius 2 is 1.92 bits per heavy atom. The number of hydrogen-bond acceptors (Lipinski definition) is 5. The second kappa shape index (κ2) is 6.80. The highest BCUT2D eigenvalue weighted by molar-refractivity contribution is 6.08. The molecule has 0 bridgehead atoms. The first-order valence-corrected chi connectivity index (χ1v) is 8.85. The van der Waals surface area contributed by atoms with Crippen LogP contribution in [0.3, 0.4) is 0 Å². The molecule has 0 radical (unpaired) electrons. The standard InChI is InChI=1S/C19H24N4O2/c1-24-17-9-13-14-12-21-19(20)11-16(14)22-15(13)10-18(17)25-8-4-7-23-5-2-3-6-23/h9-12,22H,2-8H2,1H3,(H2,20,21). The number of likely N-dealkylation sites (tertiary alicyclic amines) is 1. The summed E-state index contributed by atoms with van der Waals surface area (Å²) in [6.45, 7) is 4.23. The van der Waals surface area contributed by atoms with Gasteiger partial charge in [0.05, 0.1) is 24.8 Å². The summed E-state index contributed by atoms with van der Waals surface area (Å²) in [5.41, 5.74) is 7.75. The van der Waals surface area contributed by atoms with E-state index >= 15 is 0 Å². The average molecular weight is 340 g/mol. The SMILES string of the molecule is COc1cc2c(cc1OCCCN1CCCC1)[nH]c1cc(N)ncc12. The molecule has 1 aliphatic rings. The van der Waals surface area contributed by atoms with E-state index in [1.54, 1.807) is 13.3 Å². The predicted octanol–water partition coefficient (Wildman–Crippen LogP) is 3.17. The minimum absolute atomic E-state index is 0.504. The fourth-order valence-corrected chi connectivity index (χ4v) is 3.57. The minimum atomic E-state index is 0.504. The molecule has 0 aliphatic carbocycles. The molecule has 1 aliphatic heterocycles. The van der Waals surface area contributed by atoms with Gasteiger partial charge in [-0.05, 0) is 38.4 Å². The molecule has 0 spiro atoms. The summed E-state index contributed by atoms with van der Waals surface area (Å²) in [5.74, 6) is 2.01. The first kappa shape index (κ1) is 16.0. The van der Waals surface area contributed by atoms with Gasteiger partial charge in [0.15, 0.2) is 11.5 Å². The summed E-state index contributed by atoms with van der Waals surface area (Å²) in [4.78, 5) is 10.1. The number of rotatable bonds is 6. The van der Waals surface area contributed by atoms with E-state index in [0.717, 1.165) is 46.3 Å². The van der Waals surface area contributed by atoms with E-state index < -0.39 is 0 Å². The summed E-state index contributed by atoms with van der Waals surface area (Å²) < 4.78 is 11.5. The Bertz CT molecular complexity index is 884. The third-order valence-corrected chi connectivity index (χ3v) is 4.86. The highest BCUT2D eigenvalue weighted by Crippen LogP contribution is 2.36. The summed E-state index contributed by atoms with van der Waals surface area (Å²) in [6.07, 6.45) is 5.46. The van der Waals surface area contributed by atoms with Crippen molar-refractivity contribution in [3.63, 3.8) is 0 Å². The van der Waals surface area contributed by atoms with Crippen LogP contribution in [-0.2, 0) is 0 Å². The molecule has 6 heteroatoms. The van der Waals surface area contributed by atoms with Crippen molar-refractivity contribution < 1.29 is 9.47 Å². The summed E-state index contributed by atoms with van der Waals surface area (Å²) in [7, 11) is 1.67. The van der Waals surface area contributed by atoms with Crippen molar-refractivity contribution in [2.24, 2.45) is 0 Å². The van der Waals surface area contributed by atoms with E-state index in [1.165, 1.54) is 25.9 Å². The Labute approximate surface area is 146 Å². The van der Waals surface area contributed by atoms with Crippen LogP contribution in [0.1, 0.15) is 19.3 Å². The molecule has 6 nitrogen and oxygen atoms in total. The zero-order valence-electron chi connectivity index (χ0n) is 14.5. The second-order valence-corrected chi connectivity index (χ2v) is 6.58. The molecule has 4 rings (SSSR count). The van der Waals surface area contributed by atoms with Crippen LogP contribution < -0.4 is 15.2 Å². The molecule has 0 amide bonds. The first-order valence-electron chi connectivity index (χ1n) is 8.85. The number of aromatic nitrogens is 2. The fourth-order valence-electron chi connectivity index (χ4n) is 3.57. The lowest BCUT2D eigenvalue weighted by atomic mass is 10.2. The van der Waals surface area contributed by atoms with Crippen molar-refractivity contribution in [3.8, 4) is 11.5 Å². The molecular formula is C19H24N4O2. The number of nitrogens with two attached hydrogens (primary N) is 1. The molecular weight excluding hydrogens is 316 g/mol. The van der Waals surface area contributed by atoms with Gasteiger partial charge in [-0.1, -0.05) is 0 Å². The number of benzene rings is 1. The molecule has 0 atom stereocenters. The highest BCUT2D eigenvalue weighted by Gasteiger charge is 2.13. The summed E-state index contributed by atoms with van der Waals surface area (Å²) >= 11 is 0. The van der Waals surface area contributed by atoms with Crippen LogP contribution >= 0.6 is 0 Å². The Balaban J connectivity index is 1.54. The van der Waals surface area contributed by atoms with E-state index in [2.05, 4.69) is 14.9 Å². The molecule has 1 fully saturated rings. The number of nitrogens with zero attached hydrogens (tertiary/aromatic N) is 2. The molecule has 1 saturated heterocycles. The Morgan fingerprint density at radius 1 is 1.12 bits per heavy atom. The number of hydrogen-bond donors (Lipinski definition) is 2. The zero-order chi connectivity index (χ0) is 17.2. The van der Waals surface area contributed by atoms with Gasteiger partial charge in [-0.15, -0.1) is 0 Å². The smallest absolute Gasteiger partial charge is 0.163 e. The highest BCUT2D eigenvalue weighted by atomic mass is 16.5. The molecule has 0 unspecified atom stereocenters. The van der Waals surface area contributed by atoms with E-state index in [0.29, 0.717) is 12.4 Å². The number of fused-ring (bicyclic) bond motifs is 3. The third-order valence-electron chi connectivity index (χ3n) is 4.86. The lowest BCUT2D eigenvalue weighted by Crippen LogP contribution is -2.21. The average Bonchev–Trinajstić information content (AvgIpc) is 3.24. The van der Waals surface area contributed by atoms with Crippen molar-refractivity contribution in [2.75, 3.05) is 39.1 Å². The van der Waals surface area contributed by atoms with Crippen LogP contribution in [0.15, 0.2) is 24.4 Å². The summed E-state index contributed by atoms with van der Waals surface area (Å²) in [5, 5.41) is 2.09. The molecule has 3 heterocycles. The molecule has 3 aromatic rings. The van der Waals surface area contributed by atoms with Crippen LogP contribution in [0, 0.1) is 0 Å². The minimum Gasteiger partial charge on any atom is -0.493 e. The van der Waals surface area contributed by atoms with Crippen molar-refractivity contribution >= 4 is 27.6 Å². The molecule has 1 aromatic carbocycles. The maximum Gasteiger partial charge on any atom is 0.163 e. The Morgan fingerprint density at radius 3 is 2.72 bits per heavy atom. The van der Waals surface area contributed by atoms with Gasteiger partial charge < -0.3 is 25.1 Å². The fraction of sp³-hybridized carbons (Fsp3) is 0.421. The van der Waals surface area contributed by atoms with Crippen molar-refractivity contribution in [2.45, 2.75) is 19.3 Å². The number of aromatic amines is 1. The maximum absolute atomic E-state index is 6.00. The topological polar surface area (TPSA) is 76.4 Å². The van der Waals surface area contributed by atoms with Crippen LogP contribution in [0.5, 0.6) is 11.5 Å². The number of nitrogen functional groups attached to an aromatic ring is 1. The van der Waals surface area contributed by atoms with Crippen LogP contribution in [-0.4, -0.2) is 48.2 Å². The second-order valence-electron chi connectivity index (χ2n) is 6.58. The number of H-pyrrole nitrogens is 1. The quantitative estimate of drug-likeness (QED) is 0.674. The Hall–Kier alpha value is -2.47. The van der Waals surface area contributed by atoms with E-state index in [-0.39, 0.29) is 0 Å². The third kappa shape index (κ3) is 3.22. The van der Waals surface area contributed by atoms with Crippen LogP contribution in [0.25, 0.3) is 21.8 Å². The van der Waals surface area contributed by atoms with Crippen LogP contribution in [0.2, 0.25) is 0 Å². The normalized spacial score (nSPS) is 15.2. The van der Waals surface area contributed by atoms with E-state index in [4.69, 9.17) is 15.2 Å². The molecule has 3 N–H and O–H groups in total. The van der Waals surface area contributed by atoms with Gasteiger partial charge in [-0.2, -0.15) is 0 Å². The van der Waals surface area contributed by atoms with Gasteiger partial charge in [0.2, 0.25) is 0 Å². The lowest BCUT2D eigenvalue weighted by Gasteiger charge is -2.15. The first-order chi connectivity index (χ1) is 12.2. The van der Waals surface area contributed by atoms with Gasteiger partial charge in [-0.3, -0.25) is 0 Å². The Kier molecular flexibility index (Phi) is 4.36. The van der Waals surface area contributed by atoms with Gasteiger partial charge in [0.25, 0.3) is 0 Å². The number of ether oxygens (including phenoxy) is 2. The van der Waals surface area contributed by atoms with Crippen LogP contribution in [0.4, 0.5) is 5.82 Å². The van der Waals surface area contributed by atoms with Crippen molar-refractivity contribution in [1.82, 2.24) is 14.9 Å². The number of pyridine rings is 1. The molecule has 25 heavy (non-hydrogen) atoms. The zero-order valence-corrected chi connectivity index (χ0v) is 14.5. The van der Waals surface area contributed by atoms with Gasteiger partial charge in [0, 0.05) is 35.6 Å². The number of methoxy groups -OCH3 is 1. The summed E-state index contributed by atoms with van der Waals surface area (Å²) in [6, 6.07) is 5.85. The van der Waals surface area contributed by atoms with Crippen molar-refractivity contribution in [3.05, 3.63) is 24.4 Å². The van der Waals surface area contributed by atoms with Crippen molar-refractivity contribution in [1.29, 1.82) is 0 Å². The maximum atomic E-state index is 6.00.